The van der Waals surface area contributed by atoms with Gasteiger partial charge in [0.2, 0.25) is 0 Å². The van der Waals surface area contributed by atoms with Gasteiger partial charge in [-0.3, -0.25) is 4.79 Å². The minimum Gasteiger partial charge on any atom is -0.319 e. The summed E-state index contributed by atoms with van der Waals surface area (Å²) in [5, 5.41) is 2.60. The average Bonchev–Trinajstić information content (AvgIpc) is 2.42. The zero-order valence-corrected chi connectivity index (χ0v) is 11.3. The number of para-hydroxylation sites is 1. The summed E-state index contributed by atoms with van der Waals surface area (Å²) in [5.41, 5.74) is 0.765. The molecule has 0 aliphatic carbocycles. The van der Waals surface area contributed by atoms with E-state index in [0.717, 1.165) is 10.6 Å². The van der Waals surface area contributed by atoms with E-state index < -0.39 is 5.82 Å². The number of hydrogen-bond donors (Lipinski definition) is 1. The quantitative estimate of drug-likeness (QED) is 0.848. The molecule has 2 rings (SSSR count). The third-order valence-corrected chi connectivity index (χ3v) is 3.51. The lowest BCUT2D eigenvalue weighted by atomic mass is 10.2. The van der Waals surface area contributed by atoms with Crippen molar-refractivity contribution >= 4 is 23.4 Å². The van der Waals surface area contributed by atoms with Crippen molar-refractivity contribution in [2.75, 3.05) is 11.1 Å². The fraction of sp³-hybridized carbons (Fsp3) is 0.133. The smallest absolute Gasteiger partial charge is 0.256 e. The first-order chi connectivity index (χ1) is 9.22. The number of anilines is 1. The van der Waals surface area contributed by atoms with Crippen molar-refractivity contribution < 1.29 is 9.18 Å². The Morgan fingerprint density at radius 2 is 1.84 bits per heavy atom. The van der Waals surface area contributed by atoms with Crippen molar-refractivity contribution in [3.63, 3.8) is 0 Å². The van der Waals surface area contributed by atoms with E-state index in [-0.39, 0.29) is 11.6 Å². The van der Waals surface area contributed by atoms with E-state index in [1.54, 1.807) is 42.1 Å². The second-order valence-electron chi connectivity index (χ2n) is 3.86. The van der Waals surface area contributed by atoms with Gasteiger partial charge >= 0.3 is 0 Å². The van der Waals surface area contributed by atoms with Crippen LogP contribution in [0.4, 0.5) is 10.1 Å². The number of carbonyl (C=O) groups is 1. The topological polar surface area (TPSA) is 29.1 Å². The lowest BCUT2D eigenvalue weighted by molar-refractivity contribution is 0.102. The molecule has 19 heavy (non-hydrogen) atoms. The van der Waals surface area contributed by atoms with Gasteiger partial charge in [-0.1, -0.05) is 31.2 Å². The number of nitrogens with one attached hydrogen (secondary N) is 1. The molecule has 1 amide bonds. The molecule has 98 valence electrons. The van der Waals surface area contributed by atoms with Gasteiger partial charge in [0.05, 0.1) is 11.3 Å². The molecule has 4 heteroatoms. The number of rotatable bonds is 4. The summed E-state index contributed by atoms with van der Waals surface area (Å²) in [6, 6.07) is 13.5. The standard InChI is InChI=1S/C15H14FNOS/c1-2-19-14-10-6-3-7-11(14)15(18)17-13-9-5-4-8-12(13)16/h3-10H,2H2,1H3,(H,17,18). The van der Waals surface area contributed by atoms with Crippen molar-refractivity contribution in [1.29, 1.82) is 0 Å². The molecular weight excluding hydrogens is 261 g/mol. The molecule has 0 heterocycles. The van der Waals surface area contributed by atoms with Crippen LogP contribution in [0.1, 0.15) is 17.3 Å². The molecule has 1 N–H and O–H groups in total. The maximum absolute atomic E-state index is 13.5. The highest BCUT2D eigenvalue weighted by atomic mass is 32.2. The van der Waals surface area contributed by atoms with E-state index in [1.165, 1.54) is 6.07 Å². The Morgan fingerprint density at radius 3 is 2.58 bits per heavy atom. The summed E-state index contributed by atoms with van der Waals surface area (Å²) in [5.74, 6) is 0.155. The molecule has 0 fully saturated rings. The summed E-state index contributed by atoms with van der Waals surface area (Å²) in [4.78, 5) is 13.1. The zero-order chi connectivity index (χ0) is 13.7. The molecule has 2 aromatic rings. The van der Waals surface area contributed by atoms with Crippen molar-refractivity contribution in [2.24, 2.45) is 0 Å². The number of carbonyl (C=O) groups excluding carboxylic acids is 1. The van der Waals surface area contributed by atoms with E-state index in [1.807, 2.05) is 19.1 Å². The molecule has 0 aliphatic heterocycles. The van der Waals surface area contributed by atoms with Crippen molar-refractivity contribution in [3.8, 4) is 0 Å². The lowest BCUT2D eigenvalue weighted by Crippen LogP contribution is -2.13. The van der Waals surface area contributed by atoms with Gasteiger partial charge in [-0.25, -0.2) is 4.39 Å². The van der Waals surface area contributed by atoms with Crippen LogP contribution in [-0.2, 0) is 0 Å². The Morgan fingerprint density at radius 1 is 1.16 bits per heavy atom. The third kappa shape index (κ3) is 3.35. The summed E-state index contributed by atoms with van der Waals surface area (Å²) in [7, 11) is 0. The number of amides is 1. The summed E-state index contributed by atoms with van der Waals surface area (Å²) < 4.78 is 13.5. The fourth-order valence-electron chi connectivity index (χ4n) is 1.69. The SMILES string of the molecule is CCSc1ccccc1C(=O)Nc1ccccc1F. The van der Waals surface area contributed by atoms with Crippen LogP contribution in [0.3, 0.4) is 0 Å². The largest absolute Gasteiger partial charge is 0.319 e. The normalized spacial score (nSPS) is 10.2. The number of halogens is 1. The Balaban J connectivity index is 2.23. The second kappa shape index (κ2) is 6.38. The van der Waals surface area contributed by atoms with Gasteiger partial charge in [-0.15, -0.1) is 11.8 Å². The zero-order valence-electron chi connectivity index (χ0n) is 10.5. The van der Waals surface area contributed by atoms with Crippen molar-refractivity contribution in [1.82, 2.24) is 0 Å². The van der Waals surface area contributed by atoms with E-state index in [4.69, 9.17) is 0 Å². The van der Waals surface area contributed by atoms with Crippen LogP contribution in [0.25, 0.3) is 0 Å². The van der Waals surface area contributed by atoms with Crippen molar-refractivity contribution in [3.05, 3.63) is 59.9 Å². The second-order valence-corrected chi connectivity index (χ2v) is 5.17. The summed E-state index contributed by atoms with van der Waals surface area (Å²) in [6.07, 6.45) is 0. The molecule has 0 radical (unpaired) electrons. The van der Waals surface area contributed by atoms with E-state index in [0.29, 0.717) is 5.56 Å². The maximum Gasteiger partial charge on any atom is 0.256 e. The molecule has 2 nitrogen and oxygen atoms in total. The minimum absolute atomic E-state index is 0.198. The summed E-state index contributed by atoms with van der Waals surface area (Å²) in [6.45, 7) is 2.02. The van der Waals surface area contributed by atoms with Crippen LogP contribution in [0.2, 0.25) is 0 Å². The highest BCUT2D eigenvalue weighted by molar-refractivity contribution is 7.99. The number of hydrogen-bond acceptors (Lipinski definition) is 2. The van der Waals surface area contributed by atoms with E-state index in [9.17, 15) is 9.18 Å². The number of benzene rings is 2. The van der Waals surface area contributed by atoms with Gasteiger partial charge in [-0.05, 0) is 30.0 Å². The number of thioether (sulfide) groups is 1. The highest BCUT2D eigenvalue weighted by Crippen LogP contribution is 2.23. The third-order valence-electron chi connectivity index (χ3n) is 2.55. The lowest BCUT2D eigenvalue weighted by Gasteiger charge is -2.09. The molecular formula is C15H14FNOS. The van der Waals surface area contributed by atoms with Gasteiger partial charge in [0, 0.05) is 4.90 Å². The van der Waals surface area contributed by atoms with Crippen LogP contribution < -0.4 is 5.32 Å². The maximum atomic E-state index is 13.5. The van der Waals surface area contributed by atoms with Crippen LogP contribution in [0.5, 0.6) is 0 Å². The Bertz CT molecular complexity index is 586. The molecule has 0 aliphatic rings. The van der Waals surface area contributed by atoms with Crippen LogP contribution in [-0.4, -0.2) is 11.7 Å². The predicted octanol–water partition coefficient (Wildman–Crippen LogP) is 4.19. The van der Waals surface area contributed by atoms with Gasteiger partial charge in [0.1, 0.15) is 5.82 Å². The van der Waals surface area contributed by atoms with Crippen molar-refractivity contribution in [2.45, 2.75) is 11.8 Å². The van der Waals surface area contributed by atoms with Gasteiger partial charge in [0.15, 0.2) is 0 Å². The molecule has 0 atom stereocenters. The minimum atomic E-state index is -0.434. The summed E-state index contributed by atoms with van der Waals surface area (Å²) >= 11 is 1.59. The molecule has 0 saturated heterocycles. The van der Waals surface area contributed by atoms with Crippen LogP contribution in [0.15, 0.2) is 53.4 Å². The molecule has 0 unspecified atom stereocenters. The molecule has 0 bridgehead atoms. The molecule has 2 aromatic carbocycles. The monoisotopic (exact) mass is 275 g/mol. The fourth-order valence-corrected chi connectivity index (χ4v) is 2.49. The Kier molecular flexibility index (Phi) is 4.58. The first-order valence-electron chi connectivity index (χ1n) is 6.00. The van der Waals surface area contributed by atoms with E-state index in [2.05, 4.69) is 5.32 Å². The molecule has 0 spiro atoms. The Hall–Kier alpha value is -1.81. The highest BCUT2D eigenvalue weighted by Gasteiger charge is 2.12. The van der Waals surface area contributed by atoms with Crippen LogP contribution >= 0.6 is 11.8 Å². The van der Waals surface area contributed by atoms with Gasteiger partial charge in [-0.2, -0.15) is 0 Å². The first-order valence-corrected chi connectivity index (χ1v) is 6.98. The van der Waals surface area contributed by atoms with Crippen LogP contribution in [0, 0.1) is 5.82 Å². The van der Waals surface area contributed by atoms with Gasteiger partial charge in [0.25, 0.3) is 5.91 Å². The molecule has 0 saturated carbocycles. The van der Waals surface area contributed by atoms with Gasteiger partial charge < -0.3 is 5.32 Å². The first kappa shape index (κ1) is 13.6. The van der Waals surface area contributed by atoms with E-state index >= 15 is 0 Å². The average molecular weight is 275 g/mol. The molecule has 0 aromatic heterocycles. The Labute approximate surface area is 116 Å². The predicted molar refractivity (Wildman–Crippen MR) is 77.2 cm³/mol.